The fourth-order valence-electron chi connectivity index (χ4n) is 2.88. The van der Waals surface area contributed by atoms with Crippen molar-refractivity contribution in [3.05, 3.63) is 60.3 Å². The summed E-state index contributed by atoms with van der Waals surface area (Å²) in [5.74, 6) is 0.119. The number of nitrogens with zero attached hydrogens (tertiary/aromatic N) is 2. The van der Waals surface area contributed by atoms with E-state index < -0.39 is 5.25 Å². The van der Waals surface area contributed by atoms with Gasteiger partial charge in [0.1, 0.15) is 0 Å². The summed E-state index contributed by atoms with van der Waals surface area (Å²) in [6, 6.07) is 14.7. The Kier molecular flexibility index (Phi) is 5.18. The van der Waals surface area contributed by atoms with Gasteiger partial charge in [0.05, 0.1) is 10.8 Å². The third-order valence-electron chi connectivity index (χ3n) is 4.41. The number of ketones is 1. The van der Waals surface area contributed by atoms with Crippen molar-refractivity contribution in [2.24, 2.45) is 0 Å². The number of amides is 1. The first kappa shape index (κ1) is 18.9. The van der Waals surface area contributed by atoms with Crippen LogP contribution in [0.5, 0.6) is 0 Å². The van der Waals surface area contributed by atoms with Crippen LogP contribution in [0.1, 0.15) is 24.2 Å². The second kappa shape index (κ2) is 7.92. The molecule has 29 heavy (non-hydrogen) atoms. The number of para-hydroxylation sites is 1. The van der Waals surface area contributed by atoms with Gasteiger partial charge in [-0.05, 0) is 32.0 Å². The van der Waals surface area contributed by atoms with Gasteiger partial charge in [-0.25, -0.2) is 0 Å². The molecule has 4 rings (SSSR count). The number of anilines is 1. The lowest BCUT2D eigenvalue weighted by atomic mass is 10.1. The predicted octanol–water partition coefficient (Wildman–Crippen LogP) is 4.54. The van der Waals surface area contributed by atoms with E-state index in [2.05, 4.69) is 20.5 Å². The number of hydrogen-bond acceptors (Lipinski definition) is 6. The number of aromatic nitrogens is 3. The molecule has 0 aliphatic heterocycles. The van der Waals surface area contributed by atoms with Crippen molar-refractivity contribution in [2.45, 2.75) is 24.3 Å². The lowest BCUT2D eigenvalue weighted by molar-refractivity contribution is -0.115. The average molecular weight is 406 g/mol. The summed E-state index contributed by atoms with van der Waals surface area (Å²) in [7, 11) is 0. The highest BCUT2D eigenvalue weighted by Crippen LogP contribution is 2.31. The highest BCUT2D eigenvalue weighted by Gasteiger charge is 2.20. The van der Waals surface area contributed by atoms with Crippen LogP contribution in [0, 0.1) is 0 Å². The van der Waals surface area contributed by atoms with Gasteiger partial charge in [0, 0.05) is 28.4 Å². The molecule has 8 heteroatoms. The largest absolute Gasteiger partial charge is 0.411 e. The Morgan fingerprint density at radius 1 is 1.14 bits per heavy atom. The normalized spacial score (nSPS) is 12.1. The Morgan fingerprint density at radius 3 is 2.79 bits per heavy atom. The molecule has 0 saturated heterocycles. The molecule has 0 spiro atoms. The number of aromatic amines is 1. The molecule has 0 bridgehead atoms. The molecular weight excluding hydrogens is 388 g/mol. The summed E-state index contributed by atoms with van der Waals surface area (Å²) in [5.41, 5.74) is 2.91. The number of carbonyl (C=O) groups is 2. The van der Waals surface area contributed by atoms with Crippen LogP contribution in [0.3, 0.4) is 0 Å². The Hall–Kier alpha value is -3.39. The molecule has 2 N–H and O–H groups in total. The van der Waals surface area contributed by atoms with Gasteiger partial charge < -0.3 is 14.7 Å². The first-order valence-electron chi connectivity index (χ1n) is 9.00. The molecule has 7 nitrogen and oxygen atoms in total. The summed E-state index contributed by atoms with van der Waals surface area (Å²) in [5, 5.41) is 11.8. The molecule has 2 heterocycles. The summed E-state index contributed by atoms with van der Waals surface area (Å²) in [6.07, 6.45) is 1.82. The number of Topliss-reactive ketones (excluding diaryl/α,β-unsaturated/α-hetero) is 1. The zero-order valence-corrected chi connectivity index (χ0v) is 16.6. The topological polar surface area (TPSA) is 101 Å². The highest BCUT2D eigenvalue weighted by atomic mass is 32.2. The second-order valence-corrected chi connectivity index (χ2v) is 7.80. The molecule has 4 aromatic rings. The van der Waals surface area contributed by atoms with E-state index >= 15 is 0 Å². The Morgan fingerprint density at radius 2 is 1.97 bits per heavy atom. The van der Waals surface area contributed by atoms with E-state index in [9.17, 15) is 9.59 Å². The molecule has 0 saturated carbocycles. The van der Waals surface area contributed by atoms with Crippen molar-refractivity contribution in [3.63, 3.8) is 0 Å². The lowest BCUT2D eigenvalue weighted by Gasteiger charge is -2.10. The van der Waals surface area contributed by atoms with Crippen LogP contribution in [0.4, 0.5) is 5.69 Å². The van der Waals surface area contributed by atoms with E-state index in [-0.39, 0.29) is 11.7 Å². The minimum Gasteiger partial charge on any atom is -0.411 e. The van der Waals surface area contributed by atoms with Gasteiger partial charge in [0.25, 0.3) is 11.1 Å². The Bertz CT molecular complexity index is 1200. The van der Waals surface area contributed by atoms with Crippen molar-refractivity contribution in [2.75, 3.05) is 5.32 Å². The standard InChI is InChI=1S/C21H18N4O3S/c1-12(26)14-6-5-7-15(10-14)23-19(27)13(2)29-21-25-24-20(28-21)17-11-22-18-9-4-3-8-16(17)18/h3-11,13,22H,1-2H3,(H,23,27)/t13-/m0/s1. The first-order chi connectivity index (χ1) is 14.0. The van der Waals surface area contributed by atoms with Crippen LogP contribution >= 0.6 is 11.8 Å². The maximum absolute atomic E-state index is 12.5. The molecule has 146 valence electrons. The van der Waals surface area contributed by atoms with E-state index in [1.54, 1.807) is 31.2 Å². The number of benzene rings is 2. The van der Waals surface area contributed by atoms with Gasteiger partial charge in [-0.1, -0.05) is 42.1 Å². The summed E-state index contributed by atoms with van der Waals surface area (Å²) >= 11 is 1.18. The maximum Gasteiger partial charge on any atom is 0.277 e. The van der Waals surface area contributed by atoms with Gasteiger partial charge in [-0.3, -0.25) is 9.59 Å². The number of H-pyrrole nitrogens is 1. The quantitative estimate of drug-likeness (QED) is 0.360. The molecule has 2 aromatic heterocycles. The maximum atomic E-state index is 12.5. The molecule has 0 aliphatic rings. The molecule has 0 radical (unpaired) electrons. The molecule has 1 amide bonds. The molecule has 0 aliphatic carbocycles. The predicted molar refractivity (Wildman–Crippen MR) is 112 cm³/mol. The number of nitrogens with one attached hydrogen (secondary N) is 2. The lowest BCUT2D eigenvalue weighted by Crippen LogP contribution is -2.22. The van der Waals surface area contributed by atoms with Gasteiger partial charge in [-0.15, -0.1) is 10.2 Å². The molecule has 0 unspecified atom stereocenters. The molecule has 2 aromatic carbocycles. The minimum atomic E-state index is -0.466. The fourth-order valence-corrected chi connectivity index (χ4v) is 3.56. The van der Waals surface area contributed by atoms with Crippen LogP contribution in [-0.4, -0.2) is 32.1 Å². The zero-order valence-electron chi connectivity index (χ0n) is 15.8. The van der Waals surface area contributed by atoms with Crippen molar-refractivity contribution < 1.29 is 14.0 Å². The van der Waals surface area contributed by atoms with E-state index in [1.165, 1.54) is 18.7 Å². The fraction of sp³-hybridized carbons (Fsp3) is 0.143. The van der Waals surface area contributed by atoms with Crippen LogP contribution < -0.4 is 5.32 Å². The summed E-state index contributed by atoms with van der Waals surface area (Å²) in [6.45, 7) is 3.24. The second-order valence-electron chi connectivity index (χ2n) is 6.51. The van der Waals surface area contributed by atoms with Gasteiger partial charge in [-0.2, -0.15) is 0 Å². The Balaban J connectivity index is 1.45. The first-order valence-corrected chi connectivity index (χ1v) is 9.88. The third-order valence-corrected chi connectivity index (χ3v) is 5.34. The Labute approximate surface area is 170 Å². The van der Waals surface area contributed by atoms with Crippen molar-refractivity contribution in [3.8, 4) is 11.5 Å². The van der Waals surface area contributed by atoms with Crippen molar-refractivity contribution in [1.82, 2.24) is 15.2 Å². The van der Waals surface area contributed by atoms with Crippen LogP contribution in [-0.2, 0) is 4.79 Å². The molecule has 1 atom stereocenters. The zero-order chi connectivity index (χ0) is 20.4. The smallest absolute Gasteiger partial charge is 0.277 e. The number of rotatable bonds is 6. The van der Waals surface area contributed by atoms with Crippen molar-refractivity contribution in [1.29, 1.82) is 0 Å². The van der Waals surface area contributed by atoms with Crippen molar-refractivity contribution >= 4 is 40.0 Å². The van der Waals surface area contributed by atoms with Gasteiger partial charge in [0.15, 0.2) is 5.78 Å². The third kappa shape index (κ3) is 4.07. The SMILES string of the molecule is CC(=O)c1cccc(NC(=O)[C@H](C)Sc2nnc(-c3c[nH]c4ccccc34)o2)c1. The number of carbonyl (C=O) groups excluding carboxylic acids is 2. The monoisotopic (exact) mass is 406 g/mol. The summed E-state index contributed by atoms with van der Waals surface area (Å²) < 4.78 is 5.75. The highest BCUT2D eigenvalue weighted by molar-refractivity contribution is 8.00. The van der Waals surface area contributed by atoms with E-state index in [4.69, 9.17) is 4.42 Å². The average Bonchev–Trinajstić information content (AvgIpc) is 3.34. The number of fused-ring (bicyclic) bond motifs is 1. The minimum absolute atomic E-state index is 0.0563. The van der Waals surface area contributed by atoms with E-state index in [1.807, 2.05) is 30.5 Å². The van der Waals surface area contributed by atoms with Crippen LogP contribution in [0.2, 0.25) is 0 Å². The van der Waals surface area contributed by atoms with Gasteiger partial charge >= 0.3 is 0 Å². The number of hydrogen-bond donors (Lipinski definition) is 2. The molecular formula is C21H18N4O3S. The van der Waals surface area contributed by atoms with Crippen LogP contribution in [0.25, 0.3) is 22.4 Å². The number of thioether (sulfide) groups is 1. The van der Waals surface area contributed by atoms with E-state index in [0.717, 1.165) is 16.5 Å². The van der Waals surface area contributed by atoms with Crippen LogP contribution in [0.15, 0.2) is 64.4 Å². The van der Waals surface area contributed by atoms with E-state index in [0.29, 0.717) is 22.4 Å². The van der Waals surface area contributed by atoms with Gasteiger partial charge in [0.2, 0.25) is 5.91 Å². The molecule has 0 fully saturated rings. The summed E-state index contributed by atoms with van der Waals surface area (Å²) in [4.78, 5) is 27.2.